The molecule has 0 bridgehead atoms. The van der Waals surface area contributed by atoms with Crippen LogP contribution in [-0.2, 0) is 4.74 Å². The van der Waals surface area contributed by atoms with E-state index in [2.05, 4.69) is 6.58 Å². The second kappa shape index (κ2) is 3.34. The van der Waals surface area contributed by atoms with Gasteiger partial charge in [0.2, 0.25) is 0 Å². The molecule has 1 rings (SSSR count). The van der Waals surface area contributed by atoms with E-state index in [1.54, 1.807) is 13.0 Å². The summed E-state index contributed by atoms with van der Waals surface area (Å²) < 4.78 is 5.27. The Morgan fingerprint density at radius 2 is 2.36 bits per heavy atom. The van der Waals surface area contributed by atoms with Crippen LogP contribution in [0.5, 0.6) is 0 Å². The van der Waals surface area contributed by atoms with E-state index in [-0.39, 0.29) is 6.10 Å². The summed E-state index contributed by atoms with van der Waals surface area (Å²) in [5.41, 5.74) is 0. The molecule has 0 radical (unpaired) electrons. The van der Waals surface area contributed by atoms with Crippen molar-refractivity contribution in [1.29, 1.82) is 0 Å². The SMILES string of the molecule is C=C[C@H]1C[C@H](O)[C@@H](C(C)O)O1. The summed E-state index contributed by atoms with van der Waals surface area (Å²) >= 11 is 0. The molecule has 4 atom stereocenters. The molecule has 2 N–H and O–H groups in total. The van der Waals surface area contributed by atoms with Crippen molar-refractivity contribution in [1.82, 2.24) is 0 Å². The Labute approximate surface area is 66.3 Å². The summed E-state index contributed by atoms with van der Waals surface area (Å²) in [4.78, 5) is 0. The Morgan fingerprint density at radius 1 is 1.73 bits per heavy atom. The van der Waals surface area contributed by atoms with Crippen molar-refractivity contribution in [3.05, 3.63) is 12.7 Å². The highest BCUT2D eigenvalue weighted by Crippen LogP contribution is 2.23. The normalized spacial score (nSPS) is 40.5. The lowest BCUT2D eigenvalue weighted by atomic mass is 10.1. The van der Waals surface area contributed by atoms with Crippen LogP contribution in [0.3, 0.4) is 0 Å². The van der Waals surface area contributed by atoms with Gasteiger partial charge < -0.3 is 14.9 Å². The van der Waals surface area contributed by atoms with E-state index in [9.17, 15) is 5.11 Å². The second-order valence-corrected chi connectivity index (χ2v) is 2.92. The molecule has 1 heterocycles. The van der Waals surface area contributed by atoms with Crippen LogP contribution in [0.1, 0.15) is 13.3 Å². The molecule has 64 valence electrons. The Bertz CT molecular complexity index is 144. The van der Waals surface area contributed by atoms with Crippen LogP contribution in [-0.4, -0.2) is 34.6 Å². The molecule has 0 aromatic carbocycles. The molecule has 1 unspecified atom stereocenters. The molecule has 0 aromatic heterocycles. The Kier molecular flexibility index (Phi) is 2.65. The van der Waals surface area contributed by atoms with E-state index in [4.69, 9.17) is 9.84 Å². The maximum absolute atomic E-state index is 9.33. The maximum Gasteiger partial charge on any atom is 0.110 e. The zero-order valence-corrected chi connectivity index (χ0v) is 6.60. The first kappa shape index (κ1) is 8.71. The summed E-state index contributed by atoms with van der Waals surface area (Å²) in [6, 6.07) is 0. The van der Waals surface area contributed by atoms with Gasteiger partial charge in [-0.05, 0) is 6.92 Å². The van der Waals surface area contributed by atoms with Crippen molar-refractivity contribution >= 4 is 0 Å². The van der Waals surface area contributed by atoms with Crippen LogP contribution in [0, 0.1) is 0 Å². The van der Waals surface area contributed by atoms with Gasteiger partial charge in [0.15, 0.2) is 0 Å². The van der Waals surface area contributed by atoms with Crippen LogP contribution in [0.25, 0.3) is 0 Å². The number of ether oxygens (including phenoxy) is 1. The molecule has 0 saturated carbocycles. The zero-order chi connectivity index (χ0) is 8.43. The van der Waals surface area contributed by atoms with E-state index in [1.165, 1.54) is 0 Å². The molecule has 1 fully saturated rings. The molecule has 1 aliphatic heterocycles. The maximum atomic E-state index is 9.33. The third-order valence-corrected chi connectivity index (χ3v) is 1.92. The highest BCUT2D eigenvalue weighted by molar-refractivity contribution is 4.93. The standard InChI is InChI=1S/C8H14O3/c1-3-6-4-7(10)8(11-6)5(2)9/h3,5-10H,1,4H2,2H3/t5?,6-,7-,8+/m0/s1. The fourth-order valence-electron chi connectivity index (χ4n) is 1.31. The second-order valence-electron chi connectivity index (χ2n) is 2.92. The van der Waals surface area contributed by atoms with Gasteiger partial charge >= 0.3 is 0 Å². The fraction of sp³-hybridized carbons (Fsp3) is 0.750. The summed E-state index contributed by atoms with van der Waals surface area (Å²) in [6.07, 6.45) is 0.459. The first-order chi connectivity index (χ1) is 5.15. The van der Waals surface area contributed by atoms with Crippen molar-refractivity contribution in [2.45, 2.75) is 37.8 Å². The molecular formula is C8H14O3. The van der Waals surface area contributed by atoms with Crippen LogP contribution in [0.15, 0.2) is 12.7 Å². The van der Waals surface area contributed by atoms with Crippen LogP contribution in [0.4, 0.5) is 0 Å². The smallest absolute Gasteiger partial charge is 0.110 e. The van der Waals surface area contributed by atoms with Gasteiger partial charge in [-0.1, -0.05) is 6.08 Å². The minimum absolute atomic E-state index is 0.107. The lowest BCUT2D eigenvalue weighted by Crippen LogP contribution is -2.32. The van der Waals surface area contributed by atoms with Gasteiger partial charge in [0.05, 0.1) is 18.3 Å². The third kappa shape index (κ3) is 1.80. The quantitative estimate of drug-likeness (QED) is 0.559. The molecule has 3 nitrogen and oxygen atoms in total. The number of rotatable bonds is 2. The van der Waals surface area contributed by atoms with Crippen LogP contribution < -0.4 is 0 Å². The van der Waals surface area contributed by atoms with E-state index < -0.39 is 18.3 Å². The van der Waals surface area contributed by atoms with Gasteiger partial charge in [0, 0.05) is 6.42 Å². The van der Waals surface area contributed by atoms with E-state index in [0.29, 0.717) is 6.42 Å². The lowest BCUT2D eigenvalue weighted by Gasteiger charge is -2.16. The predicted octanol–water partition coefficient (Wildman–Crippen LogP) is 0.0716. The summed E-state index contributed by atoms with van der Waals surface area (Å²) in [5, 5.41) is 18.4. The molecule has 0 amide bonds. The number of aliphatic hydroxyl groups excluding tert-OH is 2. The Balaban J connectivity index is 2.51. The molecule has 1 aliphatic rings. The van der Waals surface area contributed by atoms with Crippen molar-refractivity contribution < 1.29 is 14.9 Å². The molecule has 0 aromatic rings. The fourth-order valence-corrected chi connectivity index (χ4v) is 1.31. The van der Waals surface area contributed by atoms with Crippen LogP contribution >= 0.6 is 0 Å². The first-order valence-corrected chi connectivity index (χ1v) is 3.79. The molecule has 11 heavy (non-hydrogen) atoms. The Morgan fingerprint density at radius 3 is 2.64 bits per heavy atom. The molecular weight excluding hydrogens is 144 g/mol. The summed E-state index contributed by atoms with van der Waals surface area (Å²) in [7, 11) is 0. The van der Waals surface area contributed by atoms with Gasteiger partial charge in [-0.2, -0.15) is 0 Å². The molecule has 0 spiro atoms. The average Bonchev–Trinajstić information content (AvgIpc) is 2.30. The first-order valence-electron chi connectivity index (χ1n) is 3.79. The van der Waals surface area contributed by atoms with E-state index in [0.717, 1.165) is 0 Å². The monoisotopic (exact) mass is 158 g/mol. The minimum atomic E-state index is -0.616. The topological polar surface area (TPSA) is 49.7 Å². The van der Waals surface area contributed by atoms with Crippen molar-refractivity contribution in [3.8, 4) is 0 Å². The van der Waals surface area contributed by atoms with Crippen molar-refractivity contribution in [2.24, 2.45) is 0 Å². The predicted molar refractivity (Wildman–Crippen MR) is 41.2 cm³/mol. The van der Waals surface area contributed by atoms with Gasteiger partial charge in [-0.25, -0.2) is 0 Å². The van der Waals surface area contributed by atoms with E-state index >= 15 is 0 Å². The van der Waals surface area contributed by atoms with Gasteiger partial charge in [-0.15, -0.1) is 6.58 Å². The summed E-state index contributed by atoms with van der Waals surface area (Å²) in [5.74, 6) is 0. The van der Waals surface area contributed by atoms with E-state index in [1.807, 2.05) is 0 Å². The third-order valence-electron chi connectivity index (χ3n) is 1.92. The van der Waals surface area contributed by atoms with Crippen molar-refractivity contribution in [2.75, 3.05) is 0 Å². The highest BCUT2D eigenvalue weighted by Gasteiger charge is 2.35. The lowest BCUT2D eigenvalue weighted by molar-refractivity contribution is -0.0492. The highest BCUT2D eigenvalue weighted by atomic mass is 16.5. The minimum Gasteiger partial charge on any atom is -0.391 e. The Hall–Kier alpha value is -0.380. The van der Waals surface area contributed by atoms with Gasteiger partial charge in [0.1, 0.15) is 6.10 Å². The van der Waals surface area contributed by atoms with Gasteiger partial charge in [-0.3, -0.25) is 0 Å². The number of aliphatic hydroxyl groups is 2. The number of hydrogen-bond donors (Lipinski definition) is 2. The molecule has 1 saturated heterocycles. The van der Waals surface area contributed by atoms with Gasteiger partial charge in [0.25, 0.3) is 0 Å². The molecule has 3 heteroatoms. The molecule has 0 aliphatic carbocycles. The average molecular weight is 158 g/mol. The van der Waals surface area contributed by atoms with Crippen LogP contribution in [0.2, 0.25) is 0 Å². The zero-order valence-electron chi connectivity index (χ0n) is 6.60. The largest absolute Gasteiger partial charge is 0.391 e. The summed E-state index contributed by atoms with van der Waals surface area (Å²) in [6.45, 7) is 5.16. The van der Waals surface area contributed by atoms with Crippen molar-refractivity contribution in [3.63, 3.8) is 0 Å². The number of hydrogen-bond acceptors (Lipinski definition) is 3.